The topological polar surface area (TPSA) is 73.6 Å². The number of nitrogens with one attached hydrogen (secondary N) is 1. The molecule has 0 saturated heterocycles. The molecule has 1 amide bonds. The highest BCUT2D eigenvalue weighted by atomic mass is 16.5. The summed E-state index contributed by atoms with van der Waals surface area (Å²) in [6.07, 6.45) is 3.23. The van der Waals surface area contributed by atoms with E-state index in [1.165, 1.54) is 6.39 Å². The molecule has 0 spiro atoms. The molecule has 1 N–H and O–H groups in total. The van der Waals surface area contributed by atoms with E-state index in [0.717, 1.165) is 11.1 Å². The molecule has 1 aromatic heterocycles. The van der Waals surface area contributed by atoms with Crippen LogP contribution < -0.4 is 14.8 Å². The van der Waals surface area contributed by atoms with Gasteiger partial charge in [0.05, 0.1) is 26.8 Å². The summed E-state index contributed by atoms with van der Waals surface area (Å²) in [7, 11) is 3.14. The average molecular weight is 338 g/mol. The van der Waals surface area contributed by atoms with Gasteiger partial charge in [0.2, 0.25) is 5.91 Å². The van der Waals surface area contributed by atoms with E-state index in [2.05, 4.69) is 10.3 Å². The molecule has 25 heavy (non-hydrogen) atoms. The lowest BCUT2D eigenvalue weighted by Crippen LogP contribution is -2.14. The van der Waals surface area contributed by atoms with Crippen molar-refractivity contribution in [3.63, 3.8) is 0 Å². The fourth-order valence-corrected chi connectivity index (χ4v) is 2.49. The van der Waals surface area contributed by atoms with Gasteiger partial charge in [-0.1, -0.05) is 18.2 Å². The largest absolute Gasteiger partial charge is 0.493 e. The first kappa shape index (κ1) is 16.6. The molecular weight excluding hydrogens is 320 g/mol. The number of amides is 1. The zero-order valence-electron chi connectivity index (χ0n) is 14.0. The van der Waals surface area contributed by atoms with Crippen LogP contribution in [-0.4, -0.2) is 25.1 Å². The number of aromatic nitrogens is 1. The lowest BCUT2D eigenvalue weighted by atomic mass is 10.1. The Labute approximate surface area is 145 Å². The molecule has 0 aliphatic heterocycles. The third-order valence-corrected chi connectivity index (χ3v) is 3.68. The van der Waals surface area contributed by atoms with E-state index in [1.807, 2.05) is 30.3 Å². The van der Waals surface area contributed by atoms with Crippen molar-refractivity contribution in [1.82, 2.24) is 4.98 Å². The predicted molar refractivity (Wildman–Crippen MR) is 93.8 cm³/mol. The summed E-state index contributed by atoms with van der Waals surface area (Å²) < 4.78 is 15.7. The lowest BCUT2D eigenvalue weighted by molar-refractivity contribution is -0.115. The molecule has 0 atom stereocenters. The smallest absolute Gasteiger partial charge is 0.228 e. The van der Waals surface area contributed by atoms with Crippen LogP contribution in [0.4, 0.5) is 5.69 Å². The van der Waals surface area contributed by atoms with E-state index in [4.69, 9.17) is 13.9 Å². The summed E-state index contributed by atoms with van der Waals surface area (Å²) in [6, 6.07) is 12.8. The molecule has 1 heterocycles. The van der Waals surface area contributed by atoms with Crippen LogP contribution in [0.1, 0.15) is 5.56 Å². The number of carbonyl (C=O) groups is 1. The number of ether oxygens (including phenoxy) is 2. The van der Waals surface area contributed by atoms with Gasteiger partial charge >= 0.3 is 0 Å². The molecule has 2 aromatic carbocycles. The monoisotopic (exact) mass is 338 g/mol. The van der Waals surface area contributed by atoms with E-state index in [9.17, 15) is 4.79 Å². The Morgan fingerprint density at radius 2 is 1.96 bits per heavy atom. The number of anilines is 1. The van der Waals surface area contributed by atoms with Crippen molar-refractivity contribution in [1.29, 1.82) is 0 Å². The Morgan fingerprint density at radius 1 is 1.12 bits per heavy atom. The molecule has 128 valence electrons. The molecule has 0 radical (unpaired) electrons. The van der Waals surface area contributed by atoms with Gasteiger partial charge in [-0.15, -0.1) is 0 Å². The number of oxazole rings is 1. The normalized spacial score (nSPS) is 10.3. The Balaban J connectivity index is 1.70. The first-order valence-electron chi connectivity index (χ1n) is 7.69. The van der Waals surface area contributed by atoms with Crippen LogP contribution >= 0.6 is 0 Å². The highest BCUT2D eigenvalue weighted by Crippen LogP contribution is 2.28. The van der Waals surface area contributed by atoms with Crippen LogP contribution in [0.25, 0.3) is 11.3 Å². The molecule has 6 nitrogen and oxygen atoms in total. The van der Waals surface area contributed by atoms with E-state index in [1.54, 1.807) is 32.5 Å². The third kappa shape index (κ3) is 3.98. The maximum Gasteiger partial charge on any atom is 0.228 e. The van der Waals surface area contributed by atoms with Gasteiger partial charge in [-0.2, -0.15) is 0 Å². The fraction of sp³-hybridized carbons (Fsp3) is 0.158. The second kappa shape index (κ2) is 7.53. The van der Waals surface area contributed by atoms with Gasteiger partial charge in [0.1, 0.15) is 0 Å². The molecule has 0 aliphatic carbocycles. The van der Waals surface area contributed by atoms with Crippen LogP contribution in [-0.2, 0) is 11.2 Å². The number of rotatable bonds is 6. The average Bonchev–Trinajstić information content (AvgIpc) is 3.16. The molecule has 0 saturated carbocycles. The molecule has 0 fully saturated rings. The summed E-state index contributed by atoms with van der Waals surface area (Å²) in [5.74, 6) is 1.75. The first-order chi connectivity index (χ1) is 12.2. The molecule has 3 rings (SSSR count). The minimum Gasteiger partial charge on any atom is -0.493 e. The van der Waals surface area contributed by atoms with Gasteiger partial charge < -0.3 is 19.2 Å². The Kier molecular flexibility index (Phi) is 4.99. The Morgan fingerprint density at radius 3 is 2.68 bits per heavy atom. The van der Waals surface area contributed by atoms with Gasteiger partial charge in [-0.05, 0) is 29.8 Å². The Hall–Kier alpha value is -3.28. The quantitative estimate of drug-likeness (QED) is 0.744. The third-order valence-electron chi connectivity index (χ3n) is 3.68. The zero-order valence-corrected chi connectivity index (χ0v) is 14.0. The molecule has 0 aliphatic rings. The van der Waals surface area contributed by atoms with Crippen molar-refractivity contribution in [2.24, 2.45) is 0 Å². The highest BCUT2D eigenvalue weighted by Gasteiger charge is 2.09. The predicted octanol–water partition coefficient (Wildman–Crippen LogP) is 3.54. The van der Waals surface area contributed by atoms with E-state index >= 15 is 0 Å². The number of methoxy groups -OCH3 is 2. The van der Waals surface area contributed by atoms with Crippen LogP contribution in [0.5, 0.6) is 11.5 Å². The number of hydrogen-bond acceptors (Lipinski definition) is 5. The first-order valence-corrected chi connectivity index (χ1v) is 7.69. The number of benzene rings is 2. The van der Waals surface area contributed by atoms with Gasteiger partial charge in [0.15, 0.2) is 23.7 Å². The molecule has 6 heteroatoms. The van der Waals surface area contributed by atoms with Crippen molar-refractivity contribution in [3.8, 4) is 22.8 Å². The van der Waals surface area contributed by atoms with Crippen molar-refractivity contribution >= 4 is 11.6 Å². The van der Waals surface area contributed by atoms with Gasteiger partial charge in [0.25, 0.3) is 0 Å². The minimum atomic E-state index is -0.123. The van der Waals surface area contributed by atoms with Crippen LogP contribution in [0, 0.1) is 0 Å². The SMILES string of the molecule is COc1ccc(CC(=O)Nc2cccc(-c3cnco3)c2)cc1OC. The van der Waals surface area contributed by atoms with Crippen LogP contribution in [0.2, 0.25) is 0 Å². The maximum atomic E-state index is 12.3. The second-order valence-corrected chi connectivity index (χ2v) is 5.36. The molecule has 0 unspecified atom stereocenters. The van der Waals surface area contributed by atoms with Crippen molar-refractivity contribution in [3.05, 3.63) is 60.6 Å². The fourth-order valence-electron chi connectivity index (χ4n) is 2.49. The molecule has 0 bridgehead atoms. The Bertz CT molecular complexity index is 860. The van der Waals surface area contributed by atoms with E-state index < -0.39 is 0 Å². The number of hydrogen-bond donors (Lipinski definition) is 1. The highest BCUT2D eigenvalue weighted by molar-refractivity contribution is 5.92. The summed E-state index contributed by atoms with van der Waals surface area (Å²) in [5.41, 5.74) is 2.38. The summed E-state index contributed by atoms with van der Waals surface area (Å²) in [6.45, 7) is 0. The summed E-state index contributed by atoms with van der Waals surface area (Å²) in [5, 5.41) is 2.89. The van der Waals surface area contributed by atoms with Crippen molar-refractivity contribution in [2.45, 2.75) is 6.42 Å². The van der Waals surface area contributed by atoms with E-state index in [-0.39, 0.29) is 12.3 Å². The van der Waals surface area contributed by atoms with Crippen LogP contribution in [0.3, 0.4) is 0 Å². The van der Waals surface area contributed by atoms with Gasteiger partial charge in [-0.25, -0.2) is 4.98 Å². The molecule has 3 aromatic rings. The van der Waals surface area contributed by atoms with Crippen molar-refractivity contribution in [2.75, 3.05) is 19.5 Å². The zero-order chi connectivity index (χ0) is 17.6. The standard InChI is InChI=1S/C19H18N2O4/c1-23-16-7-6-13(8-17(16)24-2)9-19(22)21-15-5-3-4-14(10-15)18-11-20-12-25-18/h3-8,10-12H,9H2,1-2H3,(H,21,22). The van der Waals surface area contributed by atoms with Gasteiger partial charge in [-0.3, -0.25) is 4.79 Å². The number of nitrogens with zero attached hydrogens (tertiary/aromatic N) is 1. The second-order valence-electron chi connectivity index (χ2n) is 5.36. The lowest BCUT2D eigenvalue weighted by Gasteiger charge is -2.10. The molecular formula is C19H18N2O4. The number of carbonyl (C=O) groups excluding carboxylic acids is 1. The van der Waals surface area contributed by atoms with Crippen LogP contribution in [0.15, 0.2) is 59.5 Å². The summed E-state index contributed by atoms with van der Waals surface area (Å²) in [4.78, 5) is 16.2. The van der Waals surface area contributed by atoms with Gasteiger partial charge in [0, 0.05) is 11.3 Å². The maximum absolute atomic E-state index is 12.3. The van der Waals surface area contributed by atoms with Crippen molar-refractivity contribution < 1.29 is 18.7 Å². The summed E-state index contributed by atoms with van der Waals surface area (Å²) >= 11 is 0. The minimum absolute atomic E-state index is 0.123. The van der Waals surface area contributed by atoms with E-state index in [0.29, 0.717) is 22.9 Å².